The molecule has 1 unspecified atom stereocenters. The van der Waals surface area contributed by atoms with Gasteiger partial charge in [-0.2, -0.15) is 0 Å². The third-order valence-electron chi connectivity index (χ3n) is 2.01. The van der Waals surface area contributed by atoms with Crippen LogP contribution in [0.1, 0.15) is 18.0 Å². The summed E-state index contributed by atoms with van der Waals surface area (Å²) in [5, 5.41) is 7.48. The molecule has 0 heterocycles. The SMILES string of the molecule is NC(CC(=O)O)c1c(F)c(F)c(Cl)c(F)c1Br. The molecule has 0 amide bonds. The van der Waals surface area contributed by atoms with Crippen molar-refractivity contribution in [3.63, 3.8) is 0 Å². The quantitative estimate of drug-likeness (QED) is 0.661. The van der Waals surface area contributed by atoms with Crippen molar-refractivity contribution in [2.24, 2.45) is 5.73 Å². The third kappa shape index (κ3) is 2.72. The second-order valence-corrected chi connectivity index (χ2v) is 4.36. The van der Waals surface area contributed by atoms with Crippen molar-refractivity contribution in [3.8, 4) is 0 Å². The van der Waals surface area contributed by atoms with E-state index in [-0.39, 0.29) is 0 Å². The van der Waals surface area contributed by atoms with Gasteiger partial charge in [0.1, 0.15) is 5.02 Å². The zero-order valence-electron chi connectivity index (χ0n) is 8.11. The minimum Gasteiger partial charge on any atom is -0.481 e. The molecule has 17 heavy (non-hydrogen) atoms. The van der Waals surface area contributed by atoms with Gasteiger partial charge in [-0.25, -0.2) is 13.2 Å². The highest BCUT2D eigenvalue weighted by Crippen LogP contribution is 2.35. The van der Waals surface area contributed by atoms with Crippen LogP contribution >= 0.6 is 27.5 Å². The molecule has 0 radical (unpaired) electrons. The lowest BCUT2D eigenvalue weighted by Crippen LogP contribution is -2.18. The topological polar surface area (TPSA) is 63.3 Å². The Balaban J connectivity index is 3.38. The van der Waals surface area contributed by atoms with Crippen LogP contribution in [0.25, 0.3) is 0 Å². The van der Waals surface area contributed by atoms with Crippen LogP contribution in [0.3, 0.4) is 0 Å². The molecule has 3 N–H and O–H groups in total. The molecule has 94 valence electrons. The summed E-state index contributed by atoms with van der Waals surface area (Å²) in [6, 6.07) is -1.39. The minimum atomic E-state index is -1.59. The maximum atomic E-state index is 13.5. The van der Waals surface area contributed by atoms with Crippen molar-refractivity contribution in [2.45, 2.75) is 12.5 Å². The van der Waals surface area contributed by atoms with Gasteiger partial charge in [0, 0.05) is 11.6 Å². The van der Waals surface area contributed by atoms with Gasteiger partial charge >= 0.3 is 5.97 Å². The molecule has 0 bridgehead atoms. The smallest absolute Gasteiger partial charge is 0.305 e. The van der Waals surface area contributed by atoms with Crippen molar-refractivity contribution in [3.05, 3.63) is 32.5 Å². The number of hydrogen-bond acceptors (Lipinski definition) is 2. The number of hydrogen-bond donors (Lipinski definition) is 2. The number of carboxylic acids is 1. The molecule has 0 spiro atoms. The fraction of sp³-hybridized carbons (Fsp3) is 0.222. The molecule has 0 aliphatic carbocycles. The fourth-order valence-electron chi connectivity index (χ4n) is 1.24. The summed E-state index contributed by atoms with van der Waals surface area (Å²) in [6.07, 6.45) is -0.671. The standard InChI is InChI=1S/C9H6BrClF3NO2/c10-5-4(2(15)1-3(16)17)7(12)9(14)6(11)8(5)13/h2H,1,15H2,(H,16,17). The first kappa shape index (κ1) is 14.3. The van der Waals surface area contributed by atoms with Gasteiger partial charge in [0.25, 0.3) is 0 Å². The Hall–Kier alpha value is -0.790. The summed E-state index contributed by atoms with van der Waals surface area (Å²) < 4.78 is 39.5. The highest BCUT2D eigenvalue weighted by atomic mass is 79.9. The van der Waals surface area contributed by atoms with Gasteiger partial charge in [-0.05, 0) is 15.9 Å². The van der Waals surface area contributed by atoms with Crippen LogP contribution in [-0.4, -0.2) is 11.1 Å². The highest BCUT2D eigenvalue weighted by molar-refractivity contribution is 9.10. The lowest BCUT2D eigenvalue weighted by atomic mass is 10.0. The third-order valence-corrected chi connectivity index (χ3v) is 3.12. The van der Waals surface area contributed by atoms with Gasteiger partial charge in [-0.3, -0.25) is 4.79 Å². The predicted octanol–water partition coefficient (Wildman–Crippen LogP) is 2.99. The minimum absolute atomic E-state index is 0.477. The number of benzene rings is 1. The van der Waals surface area contributed by atoms with Crippen molar-refractivity contribution in [2.75, 3.05) is 0 Å². The van der Waals surface area contributed by atoms with E-state index in [1.807, 2.05) is 0 Å². The second-order valence-electron chi connectivity index (χ2n) is 3.19. The summed E-state index contributed by atoms with van der Waals surface area (Å²) in [5.74, 6) is -5.60. The van der Waals surface area contributed by atoms with Crippen LogP contribution in [0, 0.1) is 17.5 Å². The molecule has 0 fully saturated rings. The van der Waals surface area contributed by atoms with E-state index >= 15 is 0 Å². The van der Waals surface area contributed by atoms with E-state index < -0.39 is 50.9 Å². The number of carbonyl (C=O) groups is 1. The van der Waals surface area contributed by atoms with E-state index in [9.17, 15) is 18.0 Å². The molecule has 0 aliphatic rings. The van der Waals surface area contributed by atoms with Crippen LogP contribution in [-0.2, 0) is 4.79 Å². The van der Waals surface area contributed by atoms with Crippen LogP contribution in [0.2, 0.25) is 5.02 Å². The van der Waals surface area contributed by atoms with E-state index in [1.165, 1.54) is 0 Å². The van der Waals surface area contributed by atoms with Gasteiger partial charge in [-0.1, -0.05) is 11.6 Å². The zero-order valence-corrected chi connectivity index (χ0v) is 10.4. The molecule has 1 rings (SSSR count). The van der Waals surface area contributed by atoms with Crippen molar-refractivity contribution >= 4 is 33.5 Å². The lowest BCUT2D eigenvalue weighted by Gasteiger charge is -2.14. The van der Waals surface area contributed by atoms with Crippen LogP contribution < -0.4 is 5.73 Å². The lowest BCUT2D eigenvalue weighted by molar-refractivity contribution is -0.137. The molecule has 3 nitrogen and oxygen atoms in total. The Bertz CT molecular complexity index is 455. The van der Waals surface area contributed by atoms with E-state index in [0.717, 1.165) is 0 Å². The molecule has 0 aromatic heterocycles. The second kappa shape index (κ2) is 5.24. The van der Waals surface area contributed by atoms with Crippen LogP contribution in [0.5, 0.6) is 0 Å². The largest absolute Gasteiger partial charge is 0.481 e. The molecule has 0 saturated heterocycles. The number of nitrogens with two attached hydrogens (primary N) is 1. The molecule has 0 saturated carbocycles. The summed E-state index contributed by atoms with van der Waals surface area (Å²) >= 11 is 7.86. The Kier molecular flexibility index (Phi) is 4.40. The van der Waals surface area contributed by atoms with E-state index in [4.69, 9.17) is 22.4 Å². The van der Waals surface area contributed by atoms with Crippen LogP contribution in [0.4, 0.5) is 13.2 Å². The first-order valence-electron chi connectivity index (χ1n) is 4.26. The fourth-order valence-corrected chi connectivity index (χ4v) is 2.20. The first-order chi connectivity index (χ1) is 7.77. The van der Waals surface area contributed by atoms with E-state index in [0.29, 0.717) is 0 Å². The maximum absolute atomic E-state index is 13.5. The van der Waals surface area contributed by atoms with Crippen molar-refractivity contribution < 1.29 is 23.1 Å². The van der Waals surface area contributed by atoms with Gasteiger partial charge in [0.2, 0.25) is 0 Å². The summed E-state index contributed by atoms with van der Waals surface area (Å²) in [6.45, 7) is 0. The number of rotatable bonds is 3. The first-order valence-corrected chi connectivity index (χ1v) is 5.43. The summed E-state index contributed by atoms with van der Waals surface area (Å²) in [5.41, 5.74) is 4.77. The van der Waals surface area contributed by atoms with Crippen LogP contribution in [0.15, 0.2) is 4.47 Å². The van der Waals surface area contributed by atoms with E-state index in [2.05, 4.69) is 15.9 Å². The molecule has 1 aromatic carbocycles. The Labute approximate surface area is 107 Å². The average molecular weight is 333 g/mol. The molecular formula is C9H6BrClF3NO2. The molecule has 1 aromatic rings. The van der Waals surface area contributed by atoms with Gasteiger partial charge in [-0.15, -0.1) is 0 Å². The maximum Gasteiger partial charge on any atom is 0.305 e. The zero-order chi connectivity index (χ0) is 13.3. The Morgan fingerprint density at radius 3 is 2.35 bits per heavy atom. The van der Waals surface area contributed by atoms with Gasteiger partial charge in [0.05, 0.1) is 10.9 Å². The summed E-state index contributed by atoms with van der Waals surface area (Å²) in [7, 11) is 0. The number of carboxylic acid groups (broad SMARTS) is 1. The molecule has 8 heteroatoms. The molecular weight excluding hydrogens is 326 g/mol. The average Bonchev–Trinajstić information content (AvgIpc) is 2.23. The Morgan fingerprint density at radius 1 is 1.35 bits per heavy atom. The monoisotopic (exact) mass is 331 g/mol. The Morgan fingerprint density at radius 2 is 1.88 bits per heavy atom. The number of halogens is 5. The molecule has 0 aliphatic heterocycles. The normalized spacial score (nSPS) is 12.6. The van der Waals surface area contributed by atoms with Gasteiger partial charge in [0.15, 0.2) is 17.5 Å². The van der Waals surface area contributed by atoms with Crippen molar-refractivity contribution in [1.82, 2.24) is 0 Å². The highest BCUT2D eigenvalue weighted by Gasteiger charge is 2.27. The van der Waals surface area contributed by atoms with Gasteiger partial charge < -0.3 is 10.8 Å². The predicted molar refractivity (Wildman–Crippen MR) is 58.2 cm³/mol. The summed E-state index contributed by atoms with van der Waals surface area (Å²) in [4.78, 5) is 10.4. The number of aliphatic carboxylic acids is 1. The van der Waals surface area contributed by atoms with Crippen molar-refractivity contribution in [1.29, 1.82) is 0 Å². The molecule has 1 atom stereocenters. The van der Waals surface area contributed by atoms with E-state index in [1.54, 1.807) is 0 Å².